The van der Waals surface area contributed by atoms with Gasteiger partial charge in [0.2, 0.25) is 10.0 Å². The molecular formula is C19H26N2O3S. The van der Waals surface area contributed by atoms with Crippen LogP contribution in [0.1, 0.15) is 56.6 Å². The van der Waals surface area contributed by atoms with Crippen LogP contribution in [0.5, 0.6) is 0 Å². The molecule has 1 aromatic heterocycles. The predicted octanol–water partition coefficient (Wildman–Crippen LogP) is 3.06. The normalized spacial score (nSPS) is 16.1. The summed E-state index contributed by atoms with van der Waals surface area (Å²) in [5, 5.41) is 0.718. The summed E-state index contributed by atoms with van der Waals surface area (Å²) in [4.78, 5) is 15.1. The van der Waals surface area contributed by atoms with Gasteiger partial charge in [-0.05, 0) is 54.3 Å². The predicted molar refractivity (Wildman–Crippen MR) is 102 cm³/mol. The third kappa shape index (κ3) is 4.12. The summed E-state index contributed by atoms with van der Waals surface area (Å²) in [7, 11) is -3.27. The number of hydrogen-bond acceptors (Lipinski definition) is 3. The van der Waals surface area contributed by atoms with Gasteiger partial charge >= 0.3 is 0 Å². The molecule has 0 radical (unpaired) electrons. The minimum atomic E-state index is -3.27. The highest BCUT2D eigenvalue weighted by Crippen LogP contribution is 2.24. The second-order valence-corrected chi connectivity index (χ2v) is 9.27. The zero-order chi connectivity index (χ0) is 18.0. The van der Waals surface area contributed by atoms with Crippen molar-refractivity contribution in [1.82, 2.24) is 9.71 Å². The van der Waals surface area contributed by atoms with Crippen LogP contribution in [0.3, 0.4) is 0 Å². The molecule has 6 heteroatoms. The Morgan fingerprint density at radius 1 is 1.20 bits per heavy atom. The third-order valence-corrected chi connectivity index (χ3v) is 7.01. The van der Waals surface area contributed by atoms with Gasteiger partial charge in [-0.3, -0.25) is 4.79 Å². The average Bonchev–Trinajstić information content (AvgIpc) is 3.10. The van der Waals surface area contributed by atoms with Crippen LogP contribution in [0.15, 0.2) is 29.1 Å². The van der Waals surface area contributed by atoms with E-state index in [-0.39, 0.29) is 17.4 Å². The van der Waals surface area contributed by atoms with Crippen LogP contribution in [-0.4, -0.2) is 25.2 Å². The Morgan fingerprint density at radius 3 is 2.60 bits per heavy atom. The molecule has 1 aromatic carbocycles. The number of fused-ring (bicyclic) bond motifs is 1. The maximum atomic E-state index is 12.2. The molecule has 5 nitrogen and oxygen atoms in total. The Kier molecular flexibility index (Phi) is 5.29. The zero-order valence-electron chi connectivity index (χ0n) is 14.8. The number of pyridine rings is 1. The lowest BCUT2D eigenvalue weighted by Crippen LogP contribution is -2.34. The third-order valence-electron chi connectivity index (χ3n) is 5.05. The monoisotopic (exact) mass is 362 g/mol. The van der Waals surface area contributed by atoms with E-state index in [0.29, 0.717) is 17.9 Å². The first-order chi connectivity index (χ1) is 11.9. The van der Waals surface area contributed by atoms with Crippen molar-refractivity contribution in [2.75, 3.05) is 6.54 Å². The van der Waals surface area contributed by atoms with Gasteiger partial charge in [0, 0.05) is 17.6 Å². The Bertz CT molecular complexity index is 910. The summed E-state index contributed by atoms with van der Waals surface area (Å²) in [6, 6.07) is 7.92. The number of hydrogen-bond donors (Lipinski definition) is 2. The van der Waals surface area contributed by atoms with E-state index in [9.17, 15) is 13.2 Å². The van der Waals surface area contributed by atoms with Crippen molar-refractivity contribution >= 4 is 20.9 Å². The Morgan fingerprint density at radius 2 is 1.92 bits per heavy atom. The van der Waals surface area contributed by atoms with Crippen molar-refractivity contribution in [3.8, 4) is 0 Å². The van der Waals surface area contributed by atoms with E-state index in [0.717, 1.165) is 36.6 Å². The standard InChI is InChI=1S/C19H26N2O3S/c1-13(2)14-7-8-18-16(11-14)12-15(19(22)21-18)9-10-20-25(23,24)17-5-3-4-6-17/h7-8,11-13,17,20H,3-6,9-10H2,1-2H3,(H,21,22). The van der Waals surface area contributed by atoms with Crippen molar-refractivity contribution in [2.24, 2.45) is 0 Å². The van der Waals surface area contributed by atoms with E-state index >= 15 is 0 Å². The van der Waals surface area contributed by atoms with Crippen LogP contribution >= 0.6 is 0 Å². The summed E-state index contributed by atoms with van der Waals surface area (Å²) in [5.74, 6) is 0.415. The molecule has 25 heavy (non-hydrogen) atoms. The second-order valence-electron chi connectivity index (χ2n) is 7.22. The number of aromatic nitrogens is 1. The average molecular weight is 362 g/mol. The van der Waals surface area contributed by atoms with E-state index in [1.165, 1.54) is 5.56 Å². The van der Waals surface area contributed by atoms with Crippen LogP contribution in [0.4, 0.5) is 0 Å². The van der Waals surface area contributed by atoms with Crippen LogP contribution in [0, 0.1) is 0 Å². The molecule has 1 heterocycles. The van der Waals surface area contributed by atoms with Gasteiger partial charge in [0.25, 0.3) is 5.56 Å². The summed E-state index contributed by atoms with van der Waals surface area (Å²) < 4.78 is 27.2. The highest BCUT2D eigenvalue weighted by molar-refractivity contribution is 7.90. The van der Waals surface area contributed by atoms with Crippen LogP contribution < -0.4 is 10.3 Å². The number of sulfonamides is 1. The fourth-order valence-electron chi connectivity index (χ4n) is 3.46. The highest BCUT2D eigenvalue weighted by atomic mass is 32.2. The van der Waals surface area contributed by atoms with Gasteiger partial charge in [0.05, 0.1) is 5.25 Å². The molecule has 1 saturated carbocycles. The van der Waals surface area contributed by atoms with E-state index in [2.05, 4.69) is 29.6 Å². The van der Waals surface area contributed by atoms with Crippen molar-refractivity contribution in [1.29, 1.82) is 0 Å². The Balaban J connectivity index is 1.74. The molecule has 3 rings (SSSR count). The molecule has 1 fully saturated rings. The van der Waals surface area contributed by atoms with Crippen molar-refractivity contribution < 1.29 is 8.42 Å². The number of aromatic amines is 1. The summed E-state index contributed by atoms with van der Waals surface area (Å²) >= 11 is 0. The van der Waals surface area contributed by atoms with Crippen LogP contribution in [-0.2, 0) is 16.4 Å². The first-order valence-corrected chi connectivity index (χ1v) is 10.6. The van der Waals surface area contributed by atoms with Crippen molar-refractivity contribution in [2.45, 2.75) is 57.1 Å². The lowest BCUT2D eigenvalue weighted by atomic mass is 10.0. The summed E-state index contributed by atoms with van der Waals surface area (Å²) in [6.45, 7) is 4.52. The molecule has 0 unspecified atom stereocenters. The molecule has 1 aliphatic rings. The van der Waals surface area contributed by atoms with Crippen LogP contribution in [0.2, 0.25) is 0 Å². The van der Waals surface area contributed by atoms with E-state index in [4.69, 9.17) is 0 Å². The van der Waals surface area contributed by atoms with Crippen molar-refractivity contribution in [3.63, 3.8) is 0 Å². The summed E-state index contributed by atoms with van der Waals surface area (Å²) in [5.41, 5.74) is 2.49. The molecule has 0 saturated heterocycles. The molecule has 0 aliphatic heterocycles. The fraction of sp³-hybridized carbons (Fsp3) is 0.526. The number of benzene rings is 1. The van der Waals surface area contributed by atoms with Gasteiger partial charge in [-0.15, -0.1) is 0 Å². The number of rotatable bonds is 6. The molecule has 0 amide bonds. The summed E-state index contributed by atoms with van der Waals surface area (Å²) in [6.07, 6.45) is 3.83. The second kappa shape index (κ2) is 7.30. The van der Waals surface area contributed by atoms with E-state index in [1.54, 1.807) is 0 Å². The van der Waals surface area contributed by atoms with E-state index < -0.39 is 10.0 Å². The molecule has 136 valence electrons. The van der Waals surface area contributed by atoms with Gasteiger partial charge in [-0.2, -0.15) is 0 Å². The maximum absolute atomic E-state index is 12.2. The van der Waals surface area contributed by atoms with Gasteiger partial charge < -0.3 is 4.98 Å². The van der Waals surface area contributed by atoms with Gasteiger partial charge in [0.15, 0.2) is 0 Å². The molecule has 0 spiro atoms. The number of H-pyrrole nitrogens is 1. The zero-order valence-corrected chi connectivity index (χ0v) is 15.7. The molecular weight excluding hydrogens is 336 g/mol. The fourth-order valence-corrected chi connectivity index (χ4v) is 5.04. The largest absolute Gasteiger partial charge is 0.322 e. The lowest BCUT2D eigenvalue weighted by molar-refractivity contribution is 0.564. The topological polar surface area (TPSA) is 79.0 Å². The lowest BCUT2D eigenvalue weighted by Gasteiger charge is -2.12. The van der Waals surface area contributed by atoms with Crippen LogP contribution in [0.25, 0.3) is 10.9 Å². The maximum Gasteiger partial charge on any atom is 0.251 e. The molecule has 2 aromatic rings. The number of nitrogens with one attached hydrogen (secondary N) is 2. The first kappa shape index (κ1) is 18.1. The van der Waals surface area contributed by atoms with Gasteiger partial charge in [0.1, 0.15) is 0 Å². The molecule has 0 bridgehead atoms. The first-order valence-electron chi connectivity index (χ1n) is 9.01. The minimum absolute atomic E-state index is 0.148. The highest BCUT2D eigenvalue weighted by Gasteiger charge is 2.28. The molecule has 0 atom stereocenters. The Labute approximate surface area is 148 Å². The van der Waals surface area contributed by atoms with Crippen molar-refractivity contribution in [3.05, 3.63) is 45.7 Å². The molecule has 2 N–H and O–H groups in total. The SMILES string of the molecule is CC(C)c1ccc2[nH]c(=O)c(CCNS(=O)(=O)C3CCCC3)cc2c1. The Hall–Kier alpha value is -1.66. The smallest absolute Gasteiger partial charge is 0.251 e. The molecule has 1 aliphatic carbocycles. The van der Waals surface area contributed by atoms with Gasteiger partial charge in [-0.25, -0.2) is 13.1 Å². The quantitative estimate of drug-likeness (QED) is 0.829. The van der Waals surface area contributed by atoms with Gasteiger partial charge in [-0.1, -0.05) is 32.8 Å². The minimum Gasteiger partial charge on any atom is -0.322 e. The van der Waals surface area contributed by atoms with E-state index in [1.807, 2.05) is 18.2 Å².